The molecule has 0 aliphatic heterocycles. The summed E-state index contributed by atoms with van der Waals surface area (Å²) in [5.41, 5.74) is 4.63. The molecule has 0 N–H and O–H groups in total. The molecule has 1 aromatic carbocycles. The Morgan fingerprint density at radius 2 is 2.05 bits per heavy atom. The Morgan fingerprint density at radius 1 is 1.29 bits per heavy atom. The van der Waals surface area contributed by atoms with E-state index in [0.717, 1.165) is 11.3 Å². The van der Waals surface area contributed by atoms with E-state index in [-0.39, 0.29) is 0 Å². The van der Waals surface area contributed by atoms with Crippen LogP contribution in [0.25, 0.3) is 0 Å². The number of benzene rings is 1. The Kier molecular flexibility index (Phi) is 4.56. The van der Waals surface area contributed by atoms with Gasteiger partial charge >= 0.3 is 0 Å². The SMILES string of the molecule is Cc1cccc(Cn2nc(C3CCCC3)c(CCl)c2Cl)c1. The third-order valence-electron chi connectivity index (χ3n) is 4.30. The maximum absolute atomic E-state index is 6.51. The van der Waals surface area contributed by atoms with Crippen molar-refractivity contribution in [3.63, 3.8) is 0 Å². The Hall–Kier alpha value is -0.990. The van der Waals surface area contributed by atoms with Crippen LogP contribution in [-0.2, 0) is 12.4 Å². The minimum Gasteiger partial charge on any atom is -0.249 e. The van der Waals surface area contributed by atoms with Crippen LogP contribution in [-0.4, -0.2) is 9.78 Å². The second-order valence-corrected chi connectivity index (χ2v) is 6.54. The highest BCUT2D eigenvalue weighted by molar-refractivity contribution is 6.31. The third kappa shape index (κ3) is 3.12. The van der Waals surface area contributed by atoms with Crippen LogP contribution in [0.1, 0.15) is 54.0 Å². The van der Waals surface area contributed by atoms with Crippen LogP contribution in [0.4, 0.5) is 0 Å². The summed E-state index contributed by atoms with van der Waals surface area (Å²) < 4.78 is 1.90. The highest BCUT2D eigenvalue weighted by Gasteiger charge is 2.25. The molecule has 0 amide bonds. The molecule has 2 nitrogen and oxygen atoms in total. The van der Waals surface area contributed by atoms with Gasteiger partial charge < -0.3 is 0 Å². The summed E-state index contributed by atoms with van der Waals surface area (Å²) in [7, 11) is 0. The molecule has 0 radical (unpaired) electrons. The predicted octanol–water partition coefficient (Wildman–Crippen LogP) is 5.29. The second kappa shape index (κ2) is 6.41. The first kappa shape index (κ1) is 14.9. The molecule has 1 aliphatic carbocycles. The van der Waals surface area contributed by atoms with E-state index in [9.17, 15) is 0 Å². The van der Waals surface area contributed by atoms with Gasteiger partial charge in [0.1, 0.15) is 5.15 Å². The van der Waals surface area contributed by atoms with E-state index in [1.54, 1.807) is 0 Å². The van der Waals surface area contributed by atoms with Crippen LogP contribution in [0.5, 0.6) is 0 Å². The van der Waals surface area contributed by atoms with E-state index in [1.807, 2.05) is 4.68 Å². The minimum atomic E-state index is 0.443. The van der Waals surface area contributed by atoms with E-state index in [1.165, 1.54) is 36.8 Å². The molecule has 0 spiro atoms. The largest absolute Gasteiger partial charge is 0.249 e. The molecule has 1 saturated carbocycles. The fourth-order valence-corrected chi connectivity index (χ4v) is 3.83. The van der Waals surface area contributed by atoms with Gasteiger partial charge in [-0.15, -0.1) is 11.6 Å². The van der Waals surface area contributed by atoms with Gasteiger partial charge in [-0.05, 0) is 25.3 Å². The molecule has 1 heterocycles. The molecule has 112 valence electrons. The van der Waals surface area contributed by atoms with E-state index in [0.29, 0.717) is 23.5 Å². The van der Waals surface area contributed by atoms with Crippen molar-refractivity contribution in [2.75, 3.05) is 0 Å². The summed E-state index contributed by atoms with van der Waals surface area (Å²) >= 11 is 12.6. The first-order valence-electron chi connectivity index (χ1n) is 7.55. The molecule has 3 rings (SSSR count). The first-order valence-corrected chi connectivity index (χ1v) is 8.47. The Morgan fingerprint density at radius 3 is 2.71 bits per heavy atom. The zero-order chi connectivity index (χ0) is 14.8. The average Bonchev–Trinajstić information content (AvgIpc) is 3.08. The molecule has 4 heteroatoms. The molecule has 1 aliphatic rings. The smallest absolute Gasteiger partial charge is 0.132 e. The van der Waals surface area contributed by atoms with Crippen molar-refractivity contribution >= 4 is 23.2 Å². The van der Waals surface area contributed by atoms with E-state index >= 15 is 0 Å². The highest BCUT2D eigenvalue weighted by atomic mass is 35.5. The molecule has 0 atom stereocenters. The van der Waals surface area contributed by atoms with Gasteiger partial charge in [-0.1, -0.05) is 54.3 Å². The number of rotatable bonds is 4. The average molecular weight is 323 g/mol. The van der Waals surface area contributed by atoms with Crippen LogP contribution in [0, 0.1) is 6.92 Å². The Labute approximate surface area is 136 Å². The fourth-order valence-electron chi connectivity index (χ4n) is 3.23. The van der Waals surface area contributed by atoms with Gasteiger partial charge in [-0.3, -0.25) is 0 Å². The number of hydrogen-bond acceptors (Lipinski definition) is 1. The number of aromatic nitrogens is 2. The summed E-state index contributed by atoms with van der Waals surface area (Å²) in [5.74, 6) is 0.980. The lowest BCUT2D eigenvalue weighted by molar-refractivity contribution is 0.628. The van der Waals surface area contributed by atoms with Crippen molar-refractivity contribution in [1.82, 2.24) is 9.78 Å². The number of alkyl halides is 1. The molecule has 1 fully saturated rings. The minimum absolute atomic E-state index is 0.443. The van der Waals surface area contributed by atoms with Crippen LogP contribution in [0.3, 0.4) is 0 Å². The van der Waals surface area contributed by atoms with Gasteiger partial charge in [0.2, 0.25) is 0 Å². The van der Waals surface area contributed by atoms with Crippen molar-refractivity contribution < 1.29 is 0 Å². The van der Waals surface area contributed by atoms with E-state index < -0.39 is 0 Å². The molecule has 0 bridgehead atoms. The quantitative estimate of drug-likeness (QED) is 0.699. The van der Waals surface area contributed by atoms with Crippen LogP contribution in [0.15, 0.2) is 24.3 Å². The maximum Gasteiger partial charge on any atom is 0.132 e. The molecular formula is C17H20Cl2N2. The first-order chi connectivity index (χ1) is 10.2. The standard InChI is InChI=1S/C17H20Cl2N2/c1-12-5-4-6-13(9-12)11-21-17(19)15(10-18)16(20-21)14-7-2-3-8-14/h4-6,9,14H,2-3,7-8,10-11H2,1H3. The lowest BCUT2D eigenvalue weighted by atomic mass is 10.0. The zero-order valence-electron chi connectivity index (χ0n) is 12.3. The molecular weight excluding hydrogens is 303 g/mol. The van der Waals surface area contributed by atoms with E-state index in [2.05, 4.69) is 31.2 Å². The summed E-state index contributed by atoms with van der Waals surface area (Å²) in [6.45, 7) is 2.81. The summed E-state index contributed by atoms with van der Waals surface area (Å²) in [4.78, 5) is 0. The number of hydrogen-bond donors (Lipinski definition) is 0. The van der Waals surface area contributed by atoms with Gasteiger partial charge in [0.05, 0.1) is 18.1 Å². The summed E-state index contributed by atoms with van der Waals surface area (Å²) in [6, 6.07) is 8.46. The van der Waals surface area contributed by atoms with Gasteiger partial charge in [-0.2, -0.15) is 5.10 Å². The Balaban J connectivity index is 1.91. The second-order valence-electron chi connectivity index (χ2n) is 5.92. The number of halogens is 2. The molecule has 0 saturated heterocycles. The monoisotopic (exact) mass is 322 g/mol. The fraction of sp³-hybridized carbons (Fsp3) is 0.471. The highest BCUT2D eigenvalue weighted by Crippen LogP contribution is 2.38. The zero-order valence-corrected chi connectivity index (χ0v) is 13.8. The normalized spacial score (nSPS) is 15.8. The van der Waals surface area contributed by atoms with Crippen molar-refractivity contribution in [3.05, 3.63) is 51.8 Å². The summed E-state index contributed by atoms with van der Waals surface area (Å²) in [6.07, 6.45) is 4.99. The topological polar surface area (TPSA) is 17.8 Å². The lowest BCUT2D eigenvalue weighted by Crippen LogP contribution is -2.03. The molecule has 0 unspecified atom stereocenters. The van der Waals surface area contributed by atoms with E-state index in [4.69, 9.17) is 28.3 Å². The van der Waals surface area contributed by atoms with Gasteiger partial charge in [0.25, 0.3) is 0 Å². The maximum atomic E-state index is 6.51. The summed E-state index contributed by atoms with van der Waals surface area (Å²) in [5, 5.41) is 5.49. The van der Waals surface area contributed by atoms with Crippen LogP contribution in [0.2, 0.25) is 5.15 Å². The third-order valence-corrected chi connectivity index (χ3v) is 4.99. The number of aryl methyl sites for hydroxylation is 1. The lowest BCUT2D eigenvalue weighted by Gasteiger charge is -2.06. The van der Waals surface area contributed by atoms with Crippen LogP contribution < -0.4 is 0 Å². The van der Waals surface area contributed by atoms with Gasteiger partial charge in [0, 0.05) is 11.5 Å². The van der Waals surface area contributed by atoms with Crippen molar-refractivity contribution in [2.24, 2.45) is 0 Å². The van der Waals surface area contributed by atoms with Crippen molar-refractivity contribution in [3.8, 4) is 0 Å². The molecule has 2 aromatic rings. The molecule has 1 aromatic heterocycles. The van der Waals surface area contributed by atoms with Gasteiger partial charge in [0.15, 0.2) is 0 Å². The van der Waals surface area contributed by atoms with Gasteiger partial charge in [-0.25, -0.2) is 4.68 Å². The molecule has 21 heavy (non-hydrogen) atoms. The number of nitrogens with zero attached hydrogens (tertiary/aromatic N) is 2. The Bertz CT molecular complexity index is 628. The predicted molar refractivity (Wildman–Crippen MR) is 88.3 cm³/mol. The van der Waals surface area contributed by atoms with Crippen molar-refractivity contribution in [1.29, 1.82) is 0 Å². The van der Waals surface area contributed by atoms with Crippen molar-refractivity contribution in [2.45, 2.75) is 50.9 Å². The van der Waals surface area contributed by atoms with Crippen LogP contribution >= 0.6 is 23.2 Å².